The maximum Gasteiger partial charge on any atom is 0.160 e. The van der Waals surface area contributed by atoms with Crippen LogP contribution in [0.4, 0.5) is 0 Å². The van der Waals surface area contributed by atoms with E-state index in [1.165, 1.54) is 55.6 Å². The molecular formula is C54H37N3. The predicted molar refractivity (Wildman–Crippen MR) is 233 cm³/mol. The van der Waals surface area contributed by atoms with Crippen LogP contribution in [0.5, 0.6) is 0 Å². The molecule has 57 heavy (non-hydrogen) atoms. The molecule has 2 aliphatic rings. The zero-order valence-corrected chi connectivity index (χ0v) is 31.7. The van der Waals surface area contributed by atoms with E-state index in [0.717, 1.165) is 50.5 Å². The molecule has 0 saturated carbocycles. The molecule has 0 N–H and O–H groups in total. The summed E-state index contributed by atoms with van der Waals surface area (Å²) in [4.78, 5) is 15.6. The highest BCUT2D eigenvalue weighted by atomic mass is 14.9. The molecule has 0 unspecified atom stereocenters. The standard InChI is InChI=1S/C54H37N3/c1-34-28-35(2)52(55-33-34)40-24-26-44-45-27-25-41(31-49(45)54(48(44)30-40)46-22-11-9-20-42(46)43-21-10-12-23-47(43)54)53-56-50(37-16-7-4-8-17-37)32-51(57-53)39-19-13-18-38(29-39)36-14-5-3-6-15-36/h3-33H,1-2H3. The van der Waals surface area contributed by atoms with Gasteiger partial charge in [0.1, 0.15) is 0 Å². The van der Waals surface area contributed by atoms with Crippen LogP contribution < -0.4 is 0 Å². The van der Waals surface area contributed by atoms with Crippen molar-refractivity contribution >= 4 is 0 Å². The van der Waals surface area contributed by atoms with Crippen LogP contribution in [0.25, 0.3) is 78.5 Å². The topological polar surface area (TPSA) is 38.7 Å². The van der Waals surface area contributed by atoms with Gasteiger partial charge in [0, 0.05) is 28.5 Å². The second-order valence-electron chi connectivity index (χ2n) is 15.3. The van der Waals surface area contributed by atoms with Crippen LogP contribution in [0.1, 0.15) is 33.4 Å². The van der Waals surface area contributed by atoms with E-state index in [4.69, 9.17) is 15.0 Å². The van der Waals surface area contributed by atoms with Gasteiger partial charge < -0.3 is 0 Å². The van der Waals surface area contributed by atoms with Gasteiger partial charge in [0.2, 0.25) is 0 Å². The van der Waals surface area contributed by atoms with Crippen molar-refractivity contribution in [2.45, 2.75) is 19.3 Å². The first-order chi connectivity index (χ1) is 28.1. The van der Waals surface area contributed by atoms with Crippen molar-refractivity contribution in [3.05, 3.63) is 222 Å². The van der Waals surface area contributed by atoms with Crippen molar-refractivity contribution in [3.8, 4) is 78.5 Å². The summed E-state index contributed by atoms with van der Waals surface area (Å²) in [6.07, 6.45) is 1.97. The maximum atomic E-state index is 5.36. The molecule has 0 bridgehead atoms. The fourth-order valence-electron chi connectivity index (χ4n) is 9.41. The third kappa shape index (κ3) is 5.16. The second kappa shape index (κ2) is 12.9. The number of hydrogen-bond acceptors (Lipinski definition) is 3. The van der Waals surface area contributed by atoms with Crippen LogP contribution in [0.2, 0.25) is 0 Å². The SMILES string of the molecule is Cc1cnc(-c2ccc3c(c2)C2(c4ccccc4-c4ccccc42)c2cc(-c4nc(-c5ccccc5)cc(-c5cccc(-c6ccccc6)c5)n4)ccc2-3)c(C)c1. The van der Waals surface area contributed by atoms with Crippen molar-refractivity contribution < 1.29 is 0 Å². The molecule has 0 fully saturated rings. The smallest absolute Gasteiger partial charge is 0.160 e. The van der Waals surface area contributed by atoms with E-state index in [1.54, 1.807) is 0 Å². The van der Waals surface area contributed by atoms with Crippen molar-refractivity contribution in [1.29, 1.82) is 0 Å². The van der Waals surface area contributed by atoms with Gasteiger partial charge in [-0.25, -0.2) is 9.97 Å². The van der Waals surface area contributed by atoms with Crippen LogP contribution in [0.3, 0.4) is 0 Å². The molecule has 1 spiro atoms. The minimum absolute atomic E-state index is 0.535. The molecule has 11 rings (SSSR count). The lowest BCUT2D eigenvalue weighted by atomic mass is 9.70. The number of aromatic nitrogens is 3. The Labute approximate surface area is 333 Å². The zero-order chi connectivity index (χ0) is 38.1. The van der Waals surface area contributed by atoms with Gasteiger partial charge in [-0.3, -0.25) is 4.98 Å². The summed E-state index contributed by atoms with van der Waals surface area (Å²) in [5, 5.41) is 0. The zero-order valence-electron chi connectivity index (χ0n) is 31.7. The summed E-state index contributed by atoms with van der Waals surface area (Å²) in [6.45, 7) is 4.27. The fraction of sp³-hybridized carbons (Fsp3) is 0.0556. The molecule has 9 aromatic rings. The molecular weight excluding hydrogens is 691 g/mol. The van der Waals surface area contributed by atoms with Gasteiger partial charge in [-0.1, -0.05) is 158 Å². The fourth-order valence-corrected chi connectivity index (χ4v) is 9.41. The van der Waals surface area contributed by atoms with Crippen molar-refractivity contribution in [3.63, 3.8) is 0 Å². The summed E-state index contributed by atoms with van der Waals surface area (Å²) in [5.41, 5.74) is 21.3. The number of benzene rings is 7. The Kier molecular flexibility index (Phi) is 7.52. The van der Waals surface area contributed by atoms with E-state index in [2.05, 4.69) is 190 Å². The number of hydrogen-bond donors (Lipinski definition) is 0. The molecule has 0 atom stereocenters. The lowest BCUT2D eigenvalue weighted by Crippen LogP contribution is -2.26. The Morgan fingerprint density at radius 1 is 0.368 bits per heavy atom. The highest BCUT2D eigenvalue weighted by molar-refractivity contribution is 5.96. The maximum absolute atomic E-state index is 5.36. The normalized spacial score (nSPS) is 12.9. The number of rotatable bonds is 5. The number of fused-ring (bicyclic) bond motifs is 10. The molecule has 2 heterocycles. The third-order valence-corrected chi connectivity index (χ3v) is 11.9. The van der Waals surface area contributed by atoms with Gasteiger partial charge in [-0.2, -0.15) is 0 Å². The van der Waals surface area contributed by atoms with Crippen molar-refractivity contribution in [2.24, 2.45) is 0 Å². The van der Waals surface area contributed by atoms with Crippen LogP contribution in [-0.2, 0) is 5.41 Å². The highest BCUT2D eigenvalue weighted by Crippen LogP contribution is 2.63. The van der Waals surface area contributed by atoms with Gasteiger partial charge in [-0.15, -0.1) is 0 Å². The van der Waals surface area contributed by atoms with Crippen LogP contribution >= 0.6 is 0 Å². The molecule has 0 radical (unpaired) electrons. The van der Waals surface area contributed by atoms with Gasteiger partial charge in [-0.05, 0) is 105 Å². The molecule has 268 valence electrons. The summed E-state index contributed by atoms with van der Waals surface area (Å²) in [5.74, 6) is 0.699. The van der Waals surface area contributed by atoms with E-state index in [1.807, 2.05) is 12.3 Å². The summed E-state index contributed by atoms with van der Waals surface area (Å²) in [7, 11) is 0. The molecule has 2 aromatic heterocycles. The Bertz CT molecular complexity index is 2990. The first-order valence-corrected chi connectivity index (χ1v) is 19.6. The van der Waals surface area contributed by atoms with Gasteiger partial charge in [0.25, 0.3) is 0 Å². The third-order valence-electron chi connectivity index (χ3n) is 11.9. The molecule has 3 heteroatoms. The average Bonchev–Trinajstić information content (AvgIpc) is 3.73. The lowest BCUT2D eigenvalue weighted by Gasteiger charge is -2.31. The lowest BCUT2D eigenvalue weighted by molar-refractivity contribution is 0.794. The summed E-state index contributed by atoms with van der Waals surface area (Å²) < 4.78 is 0. The minimum Gasteiger partial charge on any atom is -0.256 e. The minimum atomic E-state index is -0.535. The second-order valence-corrected chi connectivity index (χ2v) is 15.3. The number of aryl methyl sites for hydroxylation is 2. The largest absolute Gasteiger partial charge is 0.256 e. The quantitative estimate of drug-likeness (QED) is 0.177. The Morgan fingerprint density at radius 2 is 0.895 bits per heavy atom. The predicted octanol–water partition coefficient (Wildman–Crippen LogP) is 13.2. The number of pyridine rings is 1. The Balaban J connectivity index is 1.15. The first-order valence-electron chi connectivity index (χ1n) is 19.6. The van der Waals surface area contributed by atoms with Crippen LogP contribution in [0, 0.1) is 13.8 Å². The van der Waals surface area contributed by atoms with E-state index in [0.29, 0.717) is 5.82 Å². The van der Waals surface area contributed by atoms with Crippen LogP contribution in [0.15, 0.2) is 188 Å². The van der Waals surface area contributed by atoms with E-state index in [9.17, 15) is 0 Å². The molecule has 0 saturated heterocycles. The first kappa shape index (κ1) is 33.1. The van der Waals surface area contributed by atoms with Gasteiger partial charge in [0.05, 0.1) is 22.5 Å². The van der Waals surface area contributed by atoms with Gasteiger partial charge in [0.15, 0.2) is 5.82 Å². The molecule has 7 aromatic carbocycles. The molecule has 3 nitrogen and oxygen atoms in total. The monoisotopic (exact) mass is 727 g/mol. The number of nitrogens with zero attached hydrogens (tertiary/aromatic N) is 3. The average molecular weight is 728 g/mol. The van der Waals surface area contributed by atoms with E-state index in [-0.39, 0.29) is 0 Å². The van der Waals surface area contributed by atoms with Crippen LogP contribution in [-0.4, -0.2) is 15.0 Å². The Hall–Kier alpha value is -7.23. The molecule has 0 aliphatic heterocycles. The molecule has 0 amide bonds. The van der Waals surface area contributed by atoms with Crippen molar-refractivity contribution in [1.82, 2.24) is 15.0 Å². The van der Waals surface area contributed by atoms with E-state index >= 15 is 0 Å². The summed E-state index contributed by atoms with van der Waals surface area (Å²) in [6, 6.07) is 65.7. The van der Waals surface area contributed by atoms with Crippen molar-refractivity contribution in [2.75, 3.05) is 0 Å². The highest BCUT2D eigenvalue weighted by Gasteiger charge is 2.51. The summed E-state index contributed by atoms with van der Waals surface area (Å²) >= 11 is 0. The van der Waals surface area contributed by atoms with E-state index < -0.39 is 5.41 Å². The molecule has 2 aliphatic carbocycles. The Morgan fingerprint density at radius 3 is 1.56 bits per heavy atom. The van der Waals surface area contributed by atoms with Gasteiger partial charge >= 0.3 is 0 Å².